The molecule has 0 atom stereocenters. The molecular formula is C7H18O. The van der Waals surface area contributed by atoms with E-state index in [0.29, 0.717) is 0 Å². The highest BCUT2D eigenvalue weighted by Gasteiger charge is 2.03. The molecule has 0 saturated heterocycles. The summed E-state index contributed by atoms with van der Waals surface area (Å²) >= 11 is 0. The summed E-state index contributed by atoms with van der Waals surface area (Å²) in [6, 6.07) is 0. The zero-order valence-electron chi connectivity index (χ0n) is 6.91. The first kappa shape index (κ1) is 10.9. The van der Waals surface area contributed by atoms with Gasteiger partial charge in [-0.3, -0.25) is 0 Å². The van der Waals surface area contributed by atoms with Gasteiger partial charge in [0.2, 0.25) is 0 Å². The molecule has 0 aromatic carbocycles. The average Bonchev–Trinajstić information content (AvgIpc) is 1.71. The smallest absolute Gasteiger partial charge is 0.0594 e. The van der Waals surface area contributed by atoms with E-state index in [1.807, 2.05) is 34.6 Å². The molecular weight excluding hydrogens is 100 g/mol. The van der Waals surface area contributed by atoms with E-state index in [4.69, 9.17) is 4.74 Å². The van der Waals surface area contributed by atoms with Crippen molar-refractivity contribution < 1.29 is 4.74 Å². The van der Waals surface area contributed by atoms with Crippen molar-refractivity contribution in [2.75, 3.05) is 7.11 Å². The summed E-state index contributed by atoms with van der Waals surface area (Å²) in [7, 11) is 1.71. The summed E-state index contributed by atoms with van der Waals surface area (Å²) in [5.74, 6) is 0. The fraction of sp³-hybridized carbons (Fsp3) is 1.00. The van der Waals surface area contributed by atoms with Gasteiger partial charge >= 0.3 is 0 Å². The third-order valence-corrected chi connectivity index (χ3v) is 0.612. The van der Waals surface area contributed by atoms with Crippen LogP contribution in [0.25, 0.3) is 0 Å². The van der Waals surface area contributed by atoms with Gasteiger partial charge in [-0.15, -0.1) is 0 Å². The Balaban J connectivity index is 0. The molecule has 0 bridgehead atoms. The third kappa shape index (κ3) is 16.7. The molecule has 0 saturated carbocycles. The van der Waals surface area contributed by atoms with Crippen LogP contribution in [0.2, 0.25) is 0 Å². The van der Waals surface area contributed by atoms with E-state index in [2.05, 4.69) is 0 Å². The van der Waals surface area contributed by atoms with Crippen LogP contribution in [0.1, 0.15) is 34.6 Å². The highest BCUT2D eigenvalue weighted by atomic mass is 16.5. The van der Waals surface area contributed by atoms with Crippen molar-refractivity contribution in [3.05, 3.63) is 0 Å². The Morgan fingerprint density at radius 3 is 1.12 bits per heavy atom. The monoisotopic (exact) mass is 118 g/mol. The lowest BCUT2D eigenvalue weighted by Gasteiger charge is -2.14. The van der Waals surface area contributed by atoms with Gasteiger partial charge in [-0.2, -0.15) is 0 Å². The second kappa shape index (κ2) is 5.10. The fourth-order valence-corrected chi connectivity index (χ4v) is 0. The van der Waals surface area contributed by atoms with Crippen LogP contribution in [0.4, 0.5) is 0 Å². The summed E-state index contributed by atoms with van der Waals surface area (Å²) in [5.41, 5.74) is 0.0417. The summed E-state index contributed by atoms with van der Waals surface area (Å²) in [6.45, 7) is 10.1. The first-order valence-corrected chi connectivity index (χ1v) is 3.11. The van der Waals surface area contributed by atoms with E-state index in [1.54, 1.807) is 7.11 Å². The predicted octanol–water partition coefficient (Wildman–Crippen LogP) is 2.46. The van der Waals surface area contributed by atoms with Crippen LogP contribution >= 0.6 is 0 Å². The third-order valence-electron chi connectivity index (χ3n) is 0.612. The lowest BCUT2D eigenvalue weighted by molar-refractivity contribution is 0.0397. The van der Waals surface area contributed by atoms with Crippen molar-refractivity contribution in [3.63, 3.8) is 0 Å². The summed E-state index contributed by atoms with van der Waals surface area (Å²) in [5, 5.41) is 0. The normalized spacial score (nSPS) is 9.75. The molecule has 1 heteroatoms. The molecule has 0 aromatic heterocycles. The van der Waals surface area contributed by atoms with Crippen LogP contribution in [0.5, 0.6) is 0 Å². The molecule has 0 unspecified atom stereocenters. The Kier molecular flexibility index (Phi) is 6.93. The van der Waals surface area contributed by atoms with Crippen LogP contribution in [0, 0.1) is 0 Å². The predicted molar refractivity (Wildman–Crippen MR) is 38.1 cm³/mol. The largest absolute Gasteiger partial charge is 0.379 e. The second-order valence-corrected chi connectivity index (χ2v) is 2.32. The molecule has 0 aromatic rings. The molecule has 0 fully saturated rings. The molecule has 1 nitrogen and oxygen atoms in total. The van der Waals surface area contributed by atoms with E-state index >= 15 is 0 Å². The number of ether oxygens (including phenoxy) is 1. The highest BCUT2D eigenvalue weighted by molar-refractivity contribution is 4.55. The molecule has 0 heterocycles. The quantitative estimate of drug-likeness (QED) is 0.474. The van der Waals surface area contributed by atoms with Crippen LogP contribution in [-0.2, 0) is 4.74 Å². The zero-order chi connectivity index (χ0) is 7.21. The summed E-state index contributed by atoms with van der Waals surface area (Å²) in [4.78, 5) is 0. The van der Waals surface area contributed by atoms with E-state index in [-0.39, 0.29) is 5.60 Å². The number of rotatable bonds is 0. The van der Waals surface area contributed by atoms with Crippen LogP contribution in [0.15, 0.2) is 0 Å². The lowest BCUT2D eigenvalue weighted by Crippen LogP contribution is -2.15. The molecule has 0 aliphatic heterocycles. The number of methoxy groups -OCH3 is 1. The molecule has 0 amide bonds. The van der Waals surface area contributed by atoms with Crippen LogP contribution in [0.3, 0.4) is 0 Å². The summed E-state index contributed by atoms with van der Waals surface area (Å²) in [6.07, 6.45) is 0. The van der Waals surface area contributed by atoms with E-state index in [9.17, 15) is 0 Å². The molecule has 0 spiro atoms. The van der Waals surface area contributed by atoms with Crippen LogP contribution in [-0.4, -0.2) is 12.7 Å². The van der Waals surface area contributed by atoms with Gasteiger partial charge < -0.3 is 4.74 Å². The molecule has 0 N–H and O–H groups in total. The summed E-state index contributed by atoms with van der Waals surface area (Å²) < 4.78 is 4.94. The SMILES string of the molecule is CC.COC(C)(C)C. The topological polar surface area (TPSA) is 9.23 Å². The van der Waals surface area contributed by atoms with Gasteiger partial charge in [-0.1, -0.05) is 13.8 Å². The Hall–Kier alpha value is -0.0400. The Labute approximate surface area is 53.0 Å². The minimum Gasteiger partial charge on any atom is -0.379 e. The first-order valence-electron chi connectivity index (χ1n) is 3.11. The molecule has 52 valence electrons. The Morgan fingerprint density at radius 2 is 1.12 bits per heavy atom. The van der Waals surface area contributed by atoms with Crippen molar-refractivity contribution >= 4 is 0 Å². The second-order valence-electron chi connectivity index (χ2n) is 2.32. The molecule has 0 radical (unpaired) electrons. The molecule has 0 rings (SSSR count). The molecule has 0 aliphatic rings. The van der Waals surface area contributed by atoms with E-state index < -0.39 is 0 Å². The van der Waals surface area contributed by atoms with Crippen molar-refractivity contribution in [2.24, 2.45) is 0 Å². The first-order chi connectivity index (χ1) is 3.56. The van der Waals surface area contributed by atoms with Crippen molar-refractivity contribution in [3.8, 4) is 0 Å². The number of hydrogen-bond donors (Lipinski definition) is 0. The maximum Gasteiger partial charge on any atom is 0.0594 e. The van der Waals surface area contributed by atoms with Gasteiger partial charge in [-0.05, 0) is 20.8 Å². The Bertz CT molecular complexity index is 34.1. The van der Waals surface area contributed by atoms with Crippen LogP contribution < -0.4 is 0 Å². The average molecular weight is 118 g/mol. The fourth-order valence-electron chi connectivity index (χ4n) is 0. The standard InChI is InChI=1S/C5H12O.C2H6/c1-5(2,3)6-4;1-2/h1-4H3;1-2H3. The van der Waals surface area contributed by atoms with Gasteiger partial charge in [0, 0.05) is 7.11 Å². The lowest BCUT2D eigenvalue weighted by atomic mass is 10.2. The zero-order valence-corrected chi connectivity index (χ0v) is 6.91. The van der Waals surface area contributed by atoms with Crippen molar-refractivity contribution in [1.29, 1.82) is 0 Å². The molecule has 0 aliphatic carbocycles. The van der Waals surface area contributed by atoms with Crippen molar-refractivity contribution in [1.82, 2.24) is 0 Å². The minimum atomic E-state index is 0.0417. The number of hydrogen-bond acceptors (Lipinski definition) is 1. The van der Waals surface area contributed by atoms with Gasteiger partial charge in [0.25, 0.3) is 0 Å². The van der Waals surface area contributed by atoms with Gasteiger partial charge in [0.05, 0.1) is 5.60 Å². The van der Waals surface area contributed by atoms with Crippen molar-refractivity contribution in [2.45, 2.75) is 40.2 Å². The van der Waals surface area contributed by atoms with E-state index in [1.165, 1.54) is 0 Å². The molecule has 8 heavy (non-hydrogen) atoms. The van der Waals surface area contributed by atoms with Gasteiger partial charge in [0.1, 0.15) is 0 Å². The van der Waals surface area contributed by atoms with Gasteiger partial charge in [0.15, 0.2) is 0 Å². The Morgan fingerprint density at radius 1 is 1.00 bits per heavy atom. The minimum absolute atomic E-state index is 0.0417. The van der Waals surface area contributed by atoms with E-state index in [0.717, 1.165) is 0 Å². The maximum absolute atomic E-state index is 4.94. The maximum atomic E-state index is 4.94. The highest BCUT2D eigenvalue weighted by Crippen LogP contribution is 2.02. The van der Waals surface area contributed by atoms with Gasteiger partial charge in [-0.25, -0.2) is 0 Å².